The molecule has 1 aromatic heterocycles. The van der Waals surface area contributed by atoms with E-state index in [0.717, 1.165) is 11.0 Å². The number of fused-ring (bicyclic) bond motifs is 1. The molecule has 3 rings (SSSR count). The third-order valence-corrected chi connectivity index (χ3v) is 3.01. The molecular weight excluding hydrogens is 256 g/mol. The first-order valence-corrected chi connectivity index (χ1v) is 5.81. The number of nitro benzene ring substituents is 1. The molecule has 0 bridgehead atoms. The highest BCUT2D eigenvalue weighted by atomic mass is 16.6. The fraction of sp³-hybridized carbons (Fsp3) is 0. The van der Waals surface area contributed by atoms with Gasteiger partial charge in [-0.3, -0.25) is 14.7 Å². The highest BCUT2D eigenvalue weighted by molar-refractivity contribution is 5.78. The summed E-state index contributed by atoms with van der Waals surface area (Å²) in [5.74, 6) is 0. The molecule has 0 aliphatic carbocycles. The van der Waals surface area contributed by atoms with Gasteiger partial charge in [-0.2, -0.15) is 5.26 Å². The Labute approximate surface area is 113 Å². The van der Waals surface area contributed by atoms with Crippen LogP contribution in [-0.4, -0.2) is 14.5 Å². The first kappa shape index (κ1) is 11.9. The first-order chi connectivity index (χ1) is 9.70. The molecule has 0 spiro atoms. The largest absolute Gasteiger partial charge is 0.293 e. The Morgan fingerprint density at radius 3 is 2.80 bits per heavy atom. The lowest BCUT2D eigenvalue weighted by molar-refractivity contribution is -0.384. The van der Waals surface area contributed by atoms with Crippen molar-refractivity contribution in [2.24, 2.45) is 0 Å². The molecule has 96 valence electrons. The number of nitriles is 1. The molecule has 0 aliphatic rings. The number of rotatable bonds is 2. The normalized spacial score (nSPS) is 10.3. The van der Waals surface area contributed by atoms with Crippen LogP contribution >= 0.6 is 0 Å². The minimum Gasteiger partial charge on any atom is -0.293 e. The van der Waals surface area contributed by atoms with E-state index in [1.807, 2.05) is 30.3 Å². The van der Waals surface area contributed by atoms with Crippen LogP contribution in [0.3, 0.4) is 0 Å². The van der Waals surface area contributed by atoms with Crippen LogP contribution in [0.25, 0.3) is 16.7 Å². The molecule has 3 aromatic rings. The van der Waals surface area contributed by atoms with Crippen LogP contribution in [-0.2, 0) is 0 Å². The highest BCUT2D eigenvalue weighted by Crippen LogP contribution is 2.27. The van der Waals surface area contributed by atoms with Crippen molar-refractivity contribution >= 4 is 16.7 Å². The van der Waals surface area contributed by atoms with Gasteiger partial charge in [-0.1, -0.05) is 12.1 Å². The van der Waals surface area contributed by atoms with E-state index in [1.165, 1.54) is 24.5 Å². The van der Waals surface area contributed by atoms with Gasteiger partial charge in [0.2, 0.25) is 0 Å². The van der Waals surface area contributed by atoms with Crippen LogP contribution in [0.5, 0.6) is 0 Å². The monoisotopic (exact) mass is 264 g/mol. The van der Waals surface area contributed by atoms with Gasteiger partial charge in [0.15, 0.2) is 0 Å². The number of hydrogen-bond acceptors (Lipinski definition) is 4. The predicted octanol–water partition coefficient (Wildman–Crippen LogP) is 2.81. The van der Waals surface area contributed by atoms with Gasteiger partial charge in [0.05, 0.1) is 27.6 Å². The molecule has 0 aliphatic heterocycles. The van der Waals surface area contributed by atoms with E-state index in [1.54, 1.807) is 4.57 Å². The van der Waals surface area contributed by atoms with E-state index in [0.29, 0.717) is 11.3 Å². The van der Waals surface area contributed by atoms with Gasteiger partial charge in [0, 0.05) is 6.07 Å². The van der Waals surface area contributed by atoms with Crippen LogP contribution in [0.15, 0.2) is 48.8 Å². The molecule has 0 unspecified atom stereocenters. The fourth-order valence-corrected chi connectivity index (χ4v) is 2.09. The first-order valence-electron chi connectivity index (χ1n) is 5.81. The Hall–Kier alpha value is -3.20. The van der Waals surface area contributed by atoms with Crippen molar-refractivity contribution in [1.82, 2.24) is 9.55 Å². The van der Waals surface area contributed by atoms with E-state index in [4.69, 9.17) is 5.26 Å². The molecule has 0 amide bonds. The minimum absolute atomic E-state index is 0.0628. The Morgan fingerprint density at radius 1 is 1.25 bits per heavy atom. The number of aromatic nitrogens is 2. The lowest BCUT2D eigenvalue weighted by Gasteiger charge is -2.05. The molecule has 0 radical (unpaired) electrons. The zero-order valence-electron chi connectivity index (χ0n) is 10.2. The fourth-order valence-electron chi connectivity index (χ4n) is 2.09. The third kappa shape index (κ3) is 1.78. The van der Waals surface area contributed by atoms with Crippen molar-refractivity contribution in [2.75, 3.05) is 0 Å². The zero-order chi connectivity index (χ0) is 14.1. The van der Waals surface area contributed by atoms with E-state index >= 15 is 0 Å². The lowest BCUT2D eigenvalue weighted by atomic mass is 10.2. The second-order valence-corrected chi connectivity index (χ2v) is 4.18. The van der Waals surface area contributed by atoms with Gasteiger partial charge in [-0.25, -0.2) is 4.98 Å². The summed E-state index contributed by atoms with van der Waals surface area (Å²) in [6.45, 7) is 0. The maximum absolute atomic E-state index is 11.1. The minimum atomic E-state index is -0.467. The van der Waals surface area contributed by atoms with Crippen molar-refractivity contribution in [3.63, 3.8) is 0 Å². The van der Waals surface area contributed by atoms with Crippen molar-refractivity contribution < 1.29 is 4.92 Å². The number of hydrogen-bond donors (Lipinski definition) is 0. The molecule has 0 saturated carbocycles. The molecule has 6 nitrogen and oxygen atoms in total. The molecule has 0 fully saturated rings. The van der Waals surface area contributed by atoms with Crippen molar-refractivity contribution in [1.29, 1.82) is 5.26 Å². The summed E-state index contributed by atoms with van der Waals surface area (Å²) in [5.41, 5.74) is 2.13. The SMILES string of the molecule is N#Cc1ccc([N+](=O)[O-])c(-n2cnc3ccccc32)c1. The predicted molar refractivity (Wildman–Crippen MR) is 72.4 cm³/mol. The summed E-state index contributed by atoms with van der Waals surface area (Å²) >= 11 is 0. The maximum atomic E-state index is 11.1. The molecule has 20 heavy (non-hydrogen) atoms. The molecule has 2 aromatic carbocycles. The van der Waals surface area contributed by atoms with E-state index in [2.05, 4.69) is 4.98 Å². The quantitative estimate of drug-likeness (QED) is 0.526. The average molecular weight is 264 g/mol. The molecule has 1 heterocycles. The van der Waals surface area contributed by atoms with Crippen LogP contribution in [0, 0.1) is 21.4 Å². The zero-order valence-corrected chi connectivity index (χ0v) is 10.2. The molecular formula is C14H8N4O2. The molecule has 0 saturated heterocycles. The Morgan fingerprint density at radius 2 is 2.05 bits per heavy atom. The summed E-state index contributed by atoms with van der Waals surface area (Å²) in [7, 11) is 0. The van der Waals surface area contributed by atoms with Gasteiger partial charge >= 0.3 is 0 Å². The van der Waals surface area contributed by atoms with Gasteiger partial charge < -0.3 is 0 Å². The number of imidazole rings is 1. The van der Waals surface area contributed by atoms with Crippen molar-refractivity contribution in [3.05, 3.63) is 64.5 Å². The van der Waals surface area contributed by atoms with E-state index in [9.17, 15) is 10.1 Å². The maximum Gasteiger partial charge on any atom is 0.293 e. The highest BCUT2D eigenvalue weighted by Gasteiger charge is 2.17. The van der Waals surface area contributed by atoms with Crippen LogP contribution in [0.4, 0.5) is 5.69 Å². The second-order valence-electron chi connectivity index (χ2n) is 4.18. The Balaban J connectivity index is 2.33. The van der Waals surface area contributed by atoms with Crippen LogP contribution in [0.2, 0.25) is 0 Å². The number of benzene rings is 2. The van der Waals surface area contributed by atoms with Crippen molar-refractivity contribution in [3.8, 4) is 11.8 Å². The average Bonchev–Trinajstić information content (AvgIpc) is 2.90. The third-order valence-electron chi connectivity index (χ3n) is 3.01. The number of nitro groups is 1. The van der Waals surface area contributed by atoms with Gasteiger partial charge in [-0.15, -0.1) is 0 Å². The summed E-state index contributed by atoms with van der Waals surface area (Å²) in [6, 6.07) is 13.6. The second kappa shape index (κ2) is 4.48. The number of para-hydroxylation sites is 2. The topological polar surface area (TPSA) is 84.7 Å². The Kier molecular flexibility index (Phi) is 2.66. The molecule has 0 N–H and O–H groups in total. The summed E-state index contributed by atoms with van der Waals surface area (Å²) in [4.78, 5) is 14.9. The van der Waals surface area contributed by atoms with Crippen LogP contribution < -0.4 is 0 Å². The smallest absolute Gasteiger partial charge is 0.293 e. The van der Waals surface area contributed by atoms with Crippen molar-refractivity contribution in [2.45, 2.75) is 0 Å². The Bertz CT molecular complexity index is 861. The standard InChI is InChI=1S/C14H8N4O2/c15-8-10-5-6-13(18(19)20)14(7-10)17-9-16-11-3-1-2-4-12(11)17/h1-7,9H. The van der Waals surface area contributed by atoms with Crippen LogP contribution in [0.1, 0.15) is 5.56 Å². The van der Waals surface area contributed by atoms with Gasteiger partial charge in [0.25, 0.3) is 5.69 Å². The van der Waals surface area contributed by atoms with E-state index in [-0.39, 0.29) is 5.69 Å². The van der Waals surface area contributed by atoms with Gasteiger partial charge in [0.1, 0.15) is 12.0 Å². The number of nitrogens with zero attached hydrogens (tertiary/aromatic N) is 4. The molecule has 6 heteroatoms. The summed E-state index contributed by atoms with van der Waals surface area (Å²) < 4.78 is 1.62. The van der Waals surface area contributed by atoms with E-state index < -0.39 is 4.92 Å². The summed E-state index contributed by atoms with van der Waals surface area (Å²) in [6.07, 6.45) is 1.52. The molecule has 0 atom stereocenters. The van der Waals surface area contributed by atoms with Gasteiger partial charge in [-0.05, 0) is 24.3 Å². The lowest BCUT2D eigenvalue weighted by Crippen LogP contribution is -1.99. The summed E-state index contributed by atoms with van der Waals surface area (Å²) in [5, 5.41) is 20.1.